The first-order valence-corrected chi connectivity index (χ1v) is 7.79. The molecule has 2 amide bonds. The van der Waals surface area contributed by atoms with E-state index in [0.29, 0.717) is 22.8 Å². The summed E-state index contributed by atoms with van der Waals surface area (Å²) in [4.78, 5) is 12.2. The highest BCUT2D eigenvalue weighted by molar-refractivity contribution is 5.90. The minimum absolute atomic E-state index is 0.0670. The van der Waals surface area contributed by atoms with Crippen molar-refractivity contribution in [3.8, 4) is 11.3 Å². The molecule has 0 aliphatic rings. The maximum atomic E-state index is 14.0. The van der Waals surface area contributed by atoms with Crippen LogP contribution in [0.15, 0.2) is 45.5 Å². The number of rotatable bonds is 4. The summed E-state index contributed by atoms with van der Waals surface area (Å²) in [5.74, 6) is 0.694. The van der Waals surface area contributed by atoms with Crippen molar-refractivity contribution in [3.05, 3.63) is 59.4 Å². The van der Waals surface area contributed by atoms with E-state index in [1.807, 2.05) is 6.92 Å². The Morgan fingerprint density at radius 3 is 2.72 bits per heavy atom. The first kappa shape index (κ1) is 16.8. The monoisotopic (exact) mass is 343 g/mol. The van der Waals surface area contributed by atoms with Crippen LogP contribution in [-0.2, 0) is 0 Å². The molecule has 2 aromatic heterocycles. The molecule has 0 saturated heterocycles. The lowest BCUT2D eigenvalue weighted by atomic mass is 10.1. The minimum Gasteiger partial charge on any atom is -0.464 e. The van der Waals surface area contributed by atoms with Crippen molar-refractivity contribution in [2.45, 2.75) is 26.8 Å². The Labute approximate surface area is 144 Å². The van der Waals surface area contributed by atoms with Gasteiger partial charge in [0.05, 0.1) is 23.7 Å². The lowest BCUT2D eigenvalue weighted by Gasteiger charge is -2.15. The predicted molar refractivity (Wildman–Crippen MR) is 90.6 cm³/mol. The number of amides is 2. The second-order valence-electron chi connectivity index (χ2n) is 5.73. The van der Waals surface area contributed by atoms with Crippen LogP contribution in [-0.4, -0.2) is 11.2 Å². The second-order valence-corrected chi connectivity index (χ2v) is 5.73. The van der Waals surface area contributed by atoms with E-state index in [4.69, 9.17) is 8.94 Å². The molecule has 0 bridgehead atoms. The zero-order chi connectivity index (χ0) is 18.0. The van der Waals surface area contributed by atoms with E-state index in [-0.39, 0.29) is 11.7 Å². The summed E-state index contributed by atoms with van der Waals surface area (Å²) in [5, 5.41) is 9.15. The number of aromatic nitrogens is 1. The molecule has 0 unspecified atom stereocenters. The van der Waals surface area contributed by atoms with Gasteiger partial charge in [-0.15, -0.1) is 0 Å². The van der Waals surface area contributed by atoms with Crippen LogP contribution in [0.3, 0.4) is 0 Å². The molecule has 25 heavy (non-hydrogen) atoms. The van der Waals surface area contributed by atoms with Crippen LogP contribution in [0.5, 0.6) is 0 Å². The van der Waals surface area contributed by atoms with Gasteiger partial charge in [-0.1, -0.05) is 5.16 Å². The number of aryl methyl sites for hydroxylation is 2. The number of hydrogen-bond acceptors (Lipinski definition) is 4. The Balaban J connectivity index is 1.74. The van der Waals surface area contributed by atoms with Gasteiger partial charge in [-0.3, -0.25) is 0 Å². The van der Waals surface area contributed by atoms with Gasteiger partial charge in [0, 0.05) is 11.1 Å². The van der Waals surface area contributed by atoms with E-state index in [2.05, 4.69) is 15.8 Å². The number of nitrogens with zero attached hydrogens (tertiary/aromatic N) is 1. The van der Waals surface area contributed by atoms with Crippen molar-refractivity contribution in [2.24, 2.45) is 0 Å². The third kappa shape index (κ3) is 3.55. The highest BCUT2D eigenvalue weighted by Gasteiger charge is 2.19. The van der Waals surface area contributed by atoms with Gasteiger partial charge in [0.1, 0.15) is 17.3 Å². The second kappa shape index (κ2) is 6.80. The highest BCUT2D eigenvalue weighted by atomic mass is 19.1. The zero-order valence-corrected chi connectivity index (χ0v) is 14.1. The molecule has 2 heterocycles. The Morgan fingerprint density at radius 1 is 1.28 bits per heavy atom. The third-order valence-electron chi connectivity index (χ3n) is 3.89. The fraction of sp³-hybridized carbons (Fsp3) is 0.222. The van der Waals surface area contributed by atoms with Gasteiger partial charge in [-0.2, -0.15) is 0 Å². The Kier molecular flexibility index (Phi) is 4.56. The van der Waals surface area contributed by atoms with Gasteiger partial charge in [-0.05, 0) is 51.1 Å². The molecule has 1 atom stereocenters. The van der Waals surface area contributed by atoms with E-state index in [0.717, 1.165) is 5.56 Å². The number of benzene rings is 1. The summed E-state index contributed by atoms with van der Waals surface area (Å²) < 4.78 is 24.4. The minimum atomic E-state index is -0.532. The first-order valence-electron chi connectivity index (χ1n) is 7.79. The van der Waals surface area contributed by atoms with E-state index in [1.165, 1.54) is 18.4 Å². The van der Waals surface area contributed by atoms with Gasteiger partial charge < -0.3 is 19.6 Å². The van der Waals surface area contributed by atoms with Crippen LogP contribution >= 0.6 is 0 Å². The lowest BCUT2D eigenvalue weighted by molar-refractivity contribution is 0.249. The molecule has 3 rings (SSSR count). The maximum absolute atomic E-state index is 14.0. The molecule has 6 nitrogen and oxygen atoms in total. The normalized spacial score (nSPS) is 12.0. The zero-order valence-electron chi connectivity index (χ0n) is 14.1. The largest absolute Gasteiger partial charge is 0.464 e. The molecule has 3 aromatic rings. The number of hydrogen-bond donors (Lipinski definition) is 2. The quantitative estimate of drug-likeness (QED) is 0.727. The van der Waals surface area contributed by atoms with Crippen LogP contribution in [0.2, 0.25) is 0 Å². The molecule has 0 saturated carbocycles. The third-order valence-corrected chi connectivity index (χ3v) is 3.89. The van der Waals surface area contributed by atoms with E-state index < -0.39 is 11.8 Å². The van der Waals surface area contributed by atoms with Crippen molar-refractivity contribution in [1.29, 1.82) is 0 Å². The van der Waals surface area contributed by atoms with Gasteiger partial charge in [0.2, 0.25) is 0 Å². The predicted octanol–water partition coefficient (Wildman–Crippen LogP) is 4.57. The van der Waals surface area contributed by atoms with Gasteiger partial charge >= 0.3 is 6.03 Å². The molecule has 0 aliphatic heterocycles. The Bertz CT molecular complexity index is 868. The number of carbonyl (C=O) groups excluding carboxylic acids is 1. The van der Waals surface area contributed by atoms with Gasteiger partial charge in [0.15, 0.2) is 0 Å². The van der Waals surface area contributed by atoms with Gasteiger partial charge in [0.25, 0.3) is 0 Å². The van der Waals surface area contributed by atoms with E-state index >= 15 is 0 Å². The van der Waals surface area contributed by atoms with Crippen LogP contribution < -0.4 is 10.6 Å². The summed E-state index contributed by atoms with van der Waals surface area (Å²) in [6.07, 6.45) is 1.53. The van der Waals surface area contributed by atoms with Crippen molar-refractivity contribution in [2.75, 3.05) is 5.32 Å². The van der Waals surface area contributed by atoms with E-state index in [1.54, 1.807) is 32.0 Å². The number of halogens is 1. The molecule has 0 aliphatic carbocycles. The standard InChI is InChI=1S/C18H18FN3O3/c1-10(17-11(2)22-25-12(17)3)20-18(23)21-15-9-13(6-7-14(15)19)16-5-4-8-24-16/h4-10H,1-3H3,(H2,20,21,23)/t10-/m0/s1. The summed E-state index contributed by atoms with van der Waals surface area (Å²) in [7, 11) is 0. The van der Waals surface area contributed by atoms with Crippen molar-refractivity contribution in [3.63, 3.8) is 0 Å². The molecular formula is C18H18FN3O3. The van der Waals surface area contributed by atoms with Gasteiger partial charge in [-0.25, -0.2) is 9.18 Å². The van der Waals surface area contributed by atoms with Crippen LogP contribution in [0.25, 0.3) is 11.3 Å². The van der Waals surface area contributed by atoms with Crippen LogP contribution in [0.1, 0.15) is 30.0 Å². The molecule has 7 heteroatoms. The summed E-state index contributed by atoms with van der Waals surface area (Å²) in [6.45, 7) is 5.38. The Hall–Kier alpha value is -3.09. The summed E-state index contributed by atoms with van der Waals surface area (Å²) in [5.41, 5.74) is 2.24. The van der Waals surface area contributed by atoms with Crippen LogP contribution in [0, 0.1) is 19.7 Å². The average Bonchev–Trinajstić information content (AvgIpc) is 3.19. The molecule has 1 aromatic carbocycles. The highest BCUT2D eigenvalue weighted by Crippen LogP contribution is 2.26. The van der Waals surface area contributed by atoms with Crippen molar-refractivity contribution < 1.29 is 18.1 Å². The number of urea groups is 1. The van der Waals surface area contributed by atoms with Crippen molar-refractivity contribution >= 4 is 11.7 Å². The van der Waals surface area contributed by atoms with Crippen molar-refractivity contribution in [1.82, 2.24) is 10.5 Å². The molecule has 2 N–H and O–H groups in total. The number of furan rings is 1. The smallest absolute Gasteiger partial charge is 0.319 e. The maximum Gasteiger partial charge on any atom is 0.319 e. The topological polar surface area (TPSA) is 80.3 Å². The number of nitrogens with one attached hydrogen (secondary N) is 2. The summed E-state index contributed by atoms with van der Waals surface area (Å²) >= 11 is 0. The molecule has 130 valence electrons. The molecule has 0 fully saturated rings. The number of carbonyl (C=O) groups is 1. The number of anilines is 1. The first-order chi connectivity index (χ1) is 12.0. The molecule has 0 radical (unpaired) electrons. The average molecular weight is 343 g/mol. The van der Waals surface area contributed by atoms with E-state index in [9.17, 15) is 9.18 Å². The Morgan fingerprint density at radius 2 is 2.08 bits per heavy atom. The van der Waals surface area contributed by atoms with Crippen LogP contribution in [0.4, 0.5) is 14.9 Å². The lowest BCUT2D eigenvalue weighted by Crippen LogP contribution is -2.31. The fourth-order valence-corrected chi connectivity index (χ4v) is 2.75. The molecule has 0 spiro atoms. The summed E-state index contributed by atoms with van der Waals surface area (Å²) in [6, 6.07) is 7.04. The SMILES string of the molecule is Cc1noc(C)c1[C@H](C)NC(=O)Nc1cc(-c2ccco2)ccc1F. The fourth-order valence-electron chi connectivity index (χ4n) is 2.75. The molecular weight excluding hydrogens is 325 g/mol.